The minimum absolute atomic E-state index is 0.00294. The molecule has 0 atom stereocenters. The van der Waals surface area contributed by atoms with Gasteiger partial charge >= 0.3 is 0 Å². The Balaban J connectivity index is 1.95. The van der Waals surface area contributed by atoms with Crippen LogP contribution in [0.4, 0.5) is 0 Å². The van der Waals surface area contributed by atoms with Crippen LogP contribution in [0.5, 0.6) is 0 Å². The molecule has 1 aliphatic rings. The predicted octanol–water partition coefficient (Wildman–Crippen LogP) is 5.38. The molecule has 5 nitrogen and oxygen atoms in total. The first kappa shape index (κ1) is 20.6. The van der Waals surface area contributed by atoms with Crippen molar-refractivity contribution in [3.05, 3.63) is 63.9 Å². The van der Waals surface area contributed by atoms with Crippen LogP contribution in [0.3, 0.4) is 0 Å². The van der Waals surface area contributed by atoms with Gasteiger partial charge in [-0.3, -0.25) is 14.5 Å². The fourth-order valence-corrected chi connectivity index (χ4v) is 3.32. The summed E-state index contributed by atoms with van der Waals surface area (Å²) in [7, 11) is 0. The van der Waals surface area contributed by atoms with E-state index in [9.17, 15) is 14.9 Å². The summed E-state index contributed by atoms with van der Waals surface area (Å²) in [6.07, 6.45) is 4.18. The van der Waals surface area contributed by atoms with Crippen LogP contribution < -0.4 is 0 Å². The number of carbonyl (C=O) groups excluding carboxylic acids is 2. The van der Waals surface area contributed by atoms with Crippen molar-refractivity contribution in [3.63, 3.8) is 0 Å². The van der Waals surface area contributed by atoms with Crippen LogP contribution in [0.1, 0.15) is 38.9 Å². The Morgan fingerprint density at radius 3 is 2.48 bits per heavy atom. The summed E-state index contributed by atoms with van der Waals surface area (Å²) in [5.74, 6) is 0.184. The van der Waals surface area contributed by atoms with E-state index in [-0.39, 0.29) is 5.57 Å². The van der Waals surface area contributed by atoms with E-state index in [2.05, 4.69) is 0 Å². The summed E-state index contributed by atoms with van der Waals surface area (Å²) in [6, 6.07) is 12.7. The van der Waals surface area contributed by atoms with E-state index in [1.165, 1.54) is 0 Å². The number of unbranched alkanes of at least 4 members (excludes halogenated alkanes) is 2. The summed E-state index contributed by atoms with van der Waals surface area (Å²) >= 11 is 5.92. The number of rotatable bonds is 6. The molecule has 148 valence electrons. The molecule has 0 saturated heterocycles. The molecule has 2 aromatic rings. The van der Waals surface area contributed by atoms with Crippen LogP contribution in [-0.2, 0) is 9.59 Å². The highest BCUT2D eigenvalue weighted by Crippen LogP contribution is 2.29. The predicted molar refractivity (Wildman–Crippen MR) is 112 cm³/mol. The third kappa shape index (κ3) is 4.33. The van der Waals surface area contributed by atoms with Gasteiger partial charge in [-0.2, -0.15) is 5.26 Å². The third-order valence-corrected chi connectivity index (χ3v) is 5.10. The summed E-state index contributed by atoms with van der Waals surface area (Å²) < 4.78 is 5.86. The molecule has 6 heteroatoms. The molecule has 2 heterocycles. The molecule has 0 fully saturated rings. The van der Waals surface area contributed by atoms with Gasteiger partial charge < -0.3 is 4.42 Å². The van der Waals surface area contributed by atoms with Gasteiger partial charge in [0.15, 0.2) is 0 Å². The number of amides is 2. The Morgan fingerprint density at radius 2 is 1.83 bits per heavy atom. The molecule has 29 heavy (non-hydrogen) atoms. The zero-order valence-electron chi connectivity index (χ0n) is 16.4. The number of carbonyl (C=O) groups is 2. The topological polar surface area (TPSA) is 74.3 Å². The van der Waals surface area contributed by atoms with E-state index >= 15 is 0 Å². The van der Waals surface area contributed by atoms with E-state index in [1.54, 1.807) is 37.3 Å². The standard InChI is InChI=1S/C23H21ClN2O3/c1-3-4-5-12-26-22(27)19(15(2)20(14-25)23(26)28)13-18-10-11-21(29-18)16-6-8-17(24)9-7-16/h6-11,13H,3-5,12H2,1-2H3/b19-13+. The van der Waals surface area contributed by atoms with Crippen LogP contribution in [-0.4, -0.2) is 23.3 Å². The van der Waals surface area contributed by atoms with Crippen LogP contribution in [0.25, 0.3) is 17.4 Å². The van der Waals surface area contributed by atoms with Crippen LogP contribution >= 0.6 is 11.6 Å². The average Bonchev–Trinajstić information content (AvgIpc) is 3.17. The normalized spacial score (nSPS) is 15.9. The number of halogens is 1. The minimum Gasteiger partial charge on any atom is -0.457 e. The molecule has 1 aliphatic heterocycles. The van der Waals surface area contributed by atoms with Crippen molar-refractivity contribution in [1.82, 2.24) is 4.90 Å². The fraction of sp³-hybridized carbons (Fsp3) is 0.261. The molecule has 3 rings (SSSR count). The van der Waals surface area contributed by atoms with Crippen molar-refractivity contribution >= 4 is 29.5 Å². The van der Waals surface area contributed by atoms with Gasteiger partial charge in [0.2, 0.25) is 0 Å². The summed E-state index contributed by atoms with van der Waals surface area (Å²) in [6.45, 7) is 3.97. The largest absolute Gasteiger partial charge is 0.457 e. The van der Waals surface area contributed by atoms with Crippen molar-refractivity contribution in [3.8, 4) is 17.4 Å². The highest BCUT2D eigenvalue weighted by atomic mass is 35.5. The first-order valence-electron chi connectivity index (χ1n) is 9.51. The molecule has 0 bridgehead atoms. The Hall–Kier alpha value is -3.10. The van der Waals surface area contributed by atoms with E-state index in [4.69, 9.17) is 16.0 Å². The van der Waals surface area contributed by atoms with Crippen LogP contribution in [0.15, 0.2) is 57.5 Å². The molecule has 0 aliphatic carbocycles. The highest BCUT2D eigenvalue weighted by Gasteiger charge is 2.35. The lowest BCUT2D eigenvalue weighted by Gasteiger charge is -2.27. The van der Waals surface area contributed by atoms with E-state index < -0.39 is 11.8 Å². The quantitative estimate of drug-likeness (QED) is 0.365. The van der Waals surface area contributed by atoms with Crippen molar-refractivity contribution in [1.29, 1.82) is 5.26 Å². The highest BCUT2D eigenvalue weighted by molar-refractivity contribution is 6.30. The Labute approximate surface area is 174 Å². The van der Waals surface area contributed by atoms with Crippen LogP contribution in [0.2, 0.25) is 5.02 Å². The van der Waals surface area contributed by atoms with Gasteiger partial charge in [-0.15, -0.1) is 0 Å². The smallest absolute Gasteiger partial charge is 0.271 e. The maximum absolute atomic E-state index is 13.0. The maximum Gasteiger partial charge on any atom is 0.271 e. The monoisotopic (exact) mass is 408 g/mol. The van der Waals surface area contributed by atoms with Crippen molar-refractivity contribution < 1.29 is 14.0 Å². The molecule has 0 radical (unpaired) electrons. The number of nitrogens with zero attached hydrogens (tertiary/aromatic N) is 2. The van der Waals surface area contributed by atoms with Crippen molar-refractivity contribution in [2.45, 2.75) is 33.1 Å². The molecule has 1 aromatic carbocycles. The average molecular weight is 409 g/mol. The Bertz CT molecular complexity index is 1040. The van der Waals surface area contributed by atoms with E-state index in [0.717, 1.165) is 23.3 Å². The second-order valence-electron chi connectivity index (χ2n) is 6.85. The van der Waals surface area contributed by atoms with Crippen molar-refractivity contribution in [2.75, 3.05) is 6.54 Å². The maximum atomic E-state index is 13.0. The summed E-state index contributed by atoms with van der Waals surface area (Å²) in [5.41, 5.74) is 1.53. The van der Waals surface area contributed by atoms with Gasteiger partial charge in [-0.25, -0.2) is 0 Å². The van der Waals surface area contributed by atoms with Gasteiger partial charge in [0, 0.05) is 22.7 Å². The number of nitriles is 1. The molecule has 1 aromatic heterocycles. The van der Waals surface area contributed by atoms with Gasteiger partial charge in [-0.05, 0) is 61.4 Å². The zero-order chi connectivity index (χ0) is 21.0. The lowest BCUT2D eigenvalue weighted by molar-refractivity contribution is -0.140. The minimum atomic E-state index is -0.524. The molecule has 0 spiro atoms. The van der Waals surface area contributed by atoms with Crippen LogP contribution in [0, 0.1) is 11.3 Å². The third-order valence-electron chi connectivity index (χ3n) is 4.85. The van der Waals surface area contributed by atoms with Gasteiger partial charge in [-0.1, -0.05) is 31.4 Å². The fourth-order valence-electron chi connectivity index (χ4n) is 3.19. The SMILES string of the molecule is CCCCCN1C(=O)C(C#N)=C(C)/C(=C\c2ccc(-c3ccc(Cl)cc3)o2)C1=O. The first-order chi connectivity index (χ1) is 14.0. The summed E-state index contributed by atoms with van der Waals surface area (Å²) in [5, 5.41) is 10.1. The van der Waals surface area contributed by atoms with Gasteiger partial charge in [0.25, 0.3) is 11.8 Å². The van der Waals surface area contributed by atoms with Crippen molar-refractivity contribution in [2.24, 2.45) is 0 Å². The number of benzene rings is 1. The second kappa shape index (κ2) is 8.93. The zero-order valence-corrected chi connectivity index (χ0v) is 17.1. The molecular weight excluding hydrogens is 388 g/mol. The number of hydrogen-bond donors (Lipinski definition) is 0. The Morgan fingerprint density at radius 1 is 1.10 bits per heavy atom. The molecule has 0 saturated carbocycles. The molecular formula is C23H21ClN2O3. The van der Waals surface area contributed by atoms with Gasteiger partial charge in [0.05, 0.1) is 0 Å². The number of hydrogen-bond acceptors (Lipinski definition) is 4. The van der Waals surface area contributed by atoms with E-state index in [0.29, 0.717) is 40.7 Å². The number of furan rings is 1. The lowest BCUT2D eigenvalue weighted by Crippen LogP contribution is -2.43. The Kier molecular flexibility index (Phi) is 6.36. The number of imide groups is 1. The molecule has 0 unspecified atom stereocenters. The molecule has 2 amide bonds. The van der Waals surface area contributed by atoms with Gasteiger partial charge in [0.1, 0.15) is 23.2 Å². The second-order valence-corrected chi connectivity index (χ2v) is 7.28. The first-order valence-corrected chi connectivity index (χ1v) is 9.89. The lowest BCUT2D eigenvalue weighted by atomic mass is 9.94. The summed E-state index contributed by atoms with van der Waals surface area (Å²) in [4.78, 5) is 26.7. The molecule has 0 N–H and O–H groups in total. The van der Waals surface area contributed by atoms with E-state index in [1.807, 2.05) is 25.1 Å².